The molecule has 8 nitrogen and oxygen atoms in total. The van der Waals surface area contributed by atoms with Crippen molar-refractivity contribution in [1.29, 1.82) is 0 Å². The number of carbonyl (C=O) groups is 2. The predicted molar refractivity (Wildman–Crippen MR) is 117 cm³/mol. The molecule has 2 amide bonds. The lowest BCUT2D eigenvalue weighted by molar-refractivity contribution is -0.130. The van der Waals surface area contributed by atoms with Gasteiger partial charge in [0.15, 0.2) is 0 Å². The fourth-order valence-electron chi connectivity index (χ4n) is 4.05. The number of anilines is 2. The molecule has 0 aromatic heterocycles. The Hall–Kier alpha value is -2.13. The highest BCUT2D eigenvalue weighted by Gasteiger charge is 2.40. The van der Waals surface area contributed by atoms with E-state index in [1.165, 1.54) is 25.1 Å². The lowest BCUT2D eigenvalue weighted by atomic mass is 9.96. The van der Waals surface area contributed by atoms with Gasteiger partial charge in [-0.15, -0.1) is 0 Å². The molecule has 3 rings (SSSR count). The number of benzene rings is 1. The minimum absolute atomic E-state index is 0.0815. The maximum absolute atomic E-state index is 13.3. The van der Waals surface area contributed by atoms with Gasteiger partial charge in [0.1, 0.15) is 12.6 Å². The second-order valence-electron chi connectivity index (χ2n) is 8.24. The van der Waals surface area contributed by atoms with Crippen LogP contribution < -0.4 is 9.80 Å². The molecule has 0 bridgehead atoms. The minimum atomic E-state index is -3.66. The van der Waals surface area contributed by atoms with Crippen molar-refractivity contribution >= 4 is 33.2 Å². The zero-order valence-electron chi connectivity index (χ0n) is 18.3. The third-order valence-corrected chi connectivity index (χ3v) is 7.76. The zero-order chi connectivity index (χ0) is 22.1. The summed E-state index contributed by atoms with van der Waals surface area (Å²) in [6.07, 6.45) is 4.57. The molecular formula is C21H32N4O4S. The second kappa shape index (κ2) is 8.93. The Balaban J connectivity index is 2.01. The van der Waals surface area contributed by atoms with E-state index in [0.717, 1.165) is 48.6 Å². The fourth-order valence-corrected chi connectivity index (χ4v) is 4.97. The van der Waals surface area contributed by atoms with Gasteiger partial charge in [0.25, 0.3) is 0 Å². The fraction of sp³-hybridized carbons (Fsp3) is 0.619. The topological polar surface area (TPSA) is 81.2 Å². The van der Waals surface area contributed by atoms with E-state index in [1.54, 1.807) is 24.1 Å². The Morgan fingerprint density at radius 1 is 1.17 bits per heavy atom. The van der Waals surface area contributed by atoms with E-state index in [-0.39, 0.29) is 29.3 Å². The maximum Gasteiger partial charge on any atom is 0.250 e. The van der Waals surface area contributed by atoms with Crippen LogP contribution in [-0.4, -0.2) is 76.3 Å². The highest BCUT2D eigenvalue weighted by Crippen LogP contribution is 2.40. The first-order valence-corrected chi connectivity index (χ1v) is 12.0. The normalized spacial score (nSPS) is 19.0. The predicted octanol–water partition coefficient (Wildman–Crippen LogP) is 1.90. The summed E-state index contributed by atoms with van der Waals surface area (Å²) in [5, 5.41) is 0. The Bertz CT molecular complexity index is 916. The third-order valence-electron chi connectivity index (χ3n) is 5.95. The van der Waals surface area contributed by atoms with E-state index in [4.69, 9.17) is 0 Å². The number of hydrogen-bond acceptors (Lipinski definition) is 5. The number of piperidine rings is 1. The molecule has 1 unspecified atom stereocenters. The van der Waals surface area contributed by atoms with Crippen LogP contribution in [0.25, 0.3) is 0 Å². The molecule has 30 heavy (non-hydrogen) atoms. The molecule has 1 aromatic carbocycles. The van der Waals surface area contributed by atoms with E-state index >= 15 is 0 Å². The molecule has 166 valence electrons. The Morgan fingerprint density at radius 2 is 1.90 bits per heavy atom. The van der Waals surface area contributed by atoms with Crippen LogP contribution in [0.2, 0.25) is 0 Å². The van der Waals surface area contributed by atoms with E-state index in [2.05, 4.69) is 11.8 Å². The van der Waals surface area contributed by atoms with Gasteiger partial charge in [-0.1, -0.05) is 13.3 Å². The van der Waals surface area contributed by atoms with Gasteiger partial charge in [-0.05, 0) is 43.9 Å². The first kappa shape index (κ1) is 22.6. The monoisotopic (exact) mass is 436 g/mol. The number of carbonyl (C=O) groups excluding carboxylic acids is 2. The van der Waals surface area contributed by atoms with Crippen molar-refractivity contribution in [2.45, 2.75) is 50.0 Å². The summed E-state index contributed by atoms with van der Waals surface area (Å²) in [7, 11) is 1.04. The van der Waals surface area contributed by atoms with Crippen molar-refractivity contribution in [3.63, 3.8) is 0 Å². The Morgan fingerprint density at radius 3 is 2.57 bits per heavy atom. The first-order valence-electron chi connectivity index (χ1n) is 10.6. The summed E-state index contributed by atoms with van der Waals surface area (Å²) in [5.74, 6) is -0.272. The van der Waals surface area contributed by atoms with Gasteiger partial charge in [0, 0.05) is 34.2 Å². The van der Waals surface area contributed by atoms with E-state index in [9.17, 15) is 18.0 Å². The number of fused-ring (bicyclic) bond motifs is 3. The standard InChI is InChI=1S/C21H32N4O4S/c1-5-6-12-23(4)20(26)15-25-19-14-16(30(28,29)22(2)3)10-11-17(19)24-13-8-7-9-18(24)21(25)27/h10-11,14,18H,5-9,12-13,15H2,1-4H3. The molecule has 0 N–H and O–H groups in total. The quantitative estimate of drug-likeness (QED) is 0.652. The molecule has 1 atom stereocenters. The summed E-state index contributed by atoms with van der Waals surface area (Å²) in [4.78, 5) is 31.5. The van der Waals surface area contributed by atoms with Crippen molar-refractivity contribution in [3.8, 4) is 0 Å². The lowest BCUT2D eigenvalue weighted by Crippen LogP contribution is -2.57. The molecule has 1 fully saturated rings. The summed E-state index contributed by atoms with van der Waals surface area (Å²) >= 11 is 0. The van der Waals surface area contributed by atoms with Gasteiger partial charge in [0.05, 0.1) is 16.3 Å². The van der Waals surface area contributed by atoms with Crippen LogP contribution in [0.1, 0.15) is 39.0 Å². The van der Waals surface area contributed by atoms with Gasteiger partial charge in [-0.25, -0.2) is 12.7 Å². The number of sulfonamides is 1. The molecule has 2 aliphatic heterocycles. The van der Waals surface area contributed by atoms with Crippen LogP contribution in [0.3, 0.4) is 0 Å². The van der Waals surface area contributed by atoms with Gasteiger partial charge in [-0.2, -0.15) is 0 Å². The van der Waals surface area contributed by atoms with E-state index in [0.29, 0.717) is 12.2 Å². The molecule has 2 heterocycles. The van der Waals surface area contributed by atoms with Crippen LogP contribution in [0.4, 0.5) is 11.4 Å². The summed E-state index contributed by atoms with van der Waals surface area (Å²) in [6.45, 7) is 3.37. The van der Waals surface area contributed by atoms with Crippen LogP contribution in [0.5, 0.6) is 0 Å². The Kier molecular flexibility index (Phi) is 6.71. The smallest absolute Gasteiger partial charge is 0.250 e. The molecule has 1 saturated heterocycles. The summed E-state index contributed by atoms with van der Waals surface area (Å²) in [6, 6.07) is 4.60. The van der Waals surface area contributed by atoms with Crippen LogP contribution in [-0.2, 0) is 19.6 Å². The number of hydrogen-bond donors (Lipinski definition) is 0. The second-order valence-corrected chi connectivity index (χ2v) is 10.4. The van der Waals surface area contributed by atoms with Crippen molar-refractivity contribution in [2.75, 3.05) is 50.6 Å². The zero-order valence-corrected chi connectivity index (χ0v) is 19.1. The number of amides is 2. The highest BCUT2D eigenvalue weighted by atomic mass is 32.2. The number of unbranched alkanes of at least 4 members (excludes halogenated alkanes) is 1. The minimum Gasteiger partial charge on any atom is -0.358 e. The molecule has 0 aliphatic carbocycles. The van der Waals surface area contributed by atoms with Gasteiger partial charge < -0.3 is 9.80 Å². The molecule has 0 radical (unpaired) electrons. The summed E-state index contributed by atoms with van der Waals surface area (Å²) < 4.78 is 26.5. The van der Waals surface area contributed by atoms with Crippen molar-refractivity contribution in [3.05, 3.63) is 18.2 Å². The molecular weight excluding hydrogens is 404 g/mol. The SMILES string of the molecule is CCCCN(C)C(=O)CN1C(=O)C2CCCCN2c2ccc(S(=O)(=O)N(C)C)cc21. The number of nitrogens with zero attached hydrogens (tertiary/aromatic N) is 4. The number of likely N-dealkylation sites (N-methyl/N-ethyl adjacent to an activating group) is 1. The van der Waals surface area contributed by atoms with Crippen molar-refractivity contribution in [1.82, 2.24) is 9.21 Å². The molecule has 0 saturated carbocycles. The molecule has 0 spiro atoms. The molecule has 9 heteroatoms. The van der Waals surface area contributed by atoms with E-state index < -0.39 is 10.0 Å². The van der Waals surface area contributed by atoms with Gasteiger partial charge >= 0.3 is 0 Å². The summed E-state index contributed by atoms with van der Waals surface area (Å²) in [5.41, 5.74) is 1.32. The highest BCUT2D eigenvalue weighted by molar-refractivity contribution is 7.89. The van der Waals surface area contributed by atoms with Crippen LogP contribution >= 0.6 is 0 Å². The molecule has 1 aromatic rings. The van der Waals surface area contributed by atoms with Crippen molar-refractivity contribution in [2.24, 2.45) is 0 Å². The average molecular weight is 437 g/mol. The van der Waals surface area contributed by atoms with Gasteiger partial charge in [-0.3, -0.25) is 14.5 Å². The maximum atomic E-state index is 13.3. The Labute approximate surface area is 179 Å². The first-order chi connectivity index (χ1) is 14.2. The average Bonchev–Trinajstić information content (AvgIpc) is 2.74. The van der Waals surface area contributed by atoms with E-state index in [1.807, 2.05) is 0 Å². The third kappa shape index (κ3) is 4.18. The van der Waals surface area contributed by atoms with Crippen LogP contribution in [0.15, 0.2) is 23.1 Å². The number of rotatable bonds is 7. The van der Waals surface area contributed by atoms with Gasteiger partial charge in [0.2, 0.25) is 21.8 Å². The molecule has 2 aliphatic rings. The lowest BCUT2D eigenvalue weighted by Gasteiger charge is -2.45. The van der Waals surface area contributed by atoms with Crippen molar-refractivity contribution < 1.29 is 18.0 Å². The largest absolute Gasteiger partial charge is 0.358 e. The van der Waals surface area contributed by atoms with Crippen LogP contribution in [0, 0.1) is 0 Å².